The van der Waals surface area contributed by atoms with Gasteiger partial charge >= 0.3 is 0 Å². The second kappa shape index (κ2) is 4.91. The van der Waals surface area contributed by atoms with Crippen LogP contribution in [0.3, 0.4) is 0 Å². The molecule has 3 rings (SSSR count). The van der Waals surface area contributed by atoms with Crippen molar-refractivity contribution >= 4 is 11.7 Å². The van der Waals surface area contributed by atoms with Gasteiger partial charge in [0.15, 0.2) is 0 Å². The summed E-state index contributed by atoms with van der Waals surface area (Å²) in [5.74, 6) is 0.347. The summed E-state index contributed by atoms with van der Waals surface area (Å²) in [6.07, 6.45) is 4.93. The molecule has 0 bridgehead atoms. The van der Waals surface area contributed by atoms with Crippen molar-refractivity contribution in [3.05, 3.63) is 42.6 Å². The third-order valence-corrected chi connectivity index (χ3v) is 3.58. The second-order valence-corrected chi connectivity index (χ2v) is 6.12. The zero-order valence-electron chi connectivity index (χ0n) is 12.0. The third kappa shape index (κ3) is 2.77. The van der Waals surface area contributed by atoms with Gasteiger partial charge in [0.1, 0.15) is 11.6 Å². The van der Waals surface area contributed by atoms with Crippen molar-refractivity contribution in [3.8, 4) is 11.1 Å². The predicted octanol–water partition coefficient (Wildman–Crippen LogP) is 3.05. The number of hydrogen-bond acceptors (Lipinski definition) is 3. The van der Waals surface area contributed by atoms with Gasteiger partial charge in [0, 0.05) is 36.5 Å². The minimum atomic E-state index is -0.381. The topological polar surface area (TPSA) is 46.1 Å². The molecule has 0 unspecified atom stereocenters. The number of carbonyl (C=O) groups excluding carboxylic acids is 1. The Morgan fingerprint density at radius 2 is 2.00 bits per heavy atom. The summed E-state index contributed by atoms with van der Waals surface area (Å²) in [4.78, 5) is 21.9. The molecule has 3 heterocycles. The molecule has 5 heteroatoms. The molecule has 1 aliphatic heterocycles. The minimum Gasteiger partial charge on any atom is -0.296 e. The number of anilines is 1. The Hall–Kier alpha value is -2.30. The molecule has 1 saturated heterocycles. The number of carbonyl (C=O) groups is 1. The first-order chi connectivity index (χ1) is 9.94. The molecule has 21 heavy (non-hydrogen) atoms. The van der Waals surface area contributed by atoms with E-state index in [2.05, 4.69) is 23.8 Å². The summed E-state index contributed by atoms with van der Waals surface area (Å²) in [6.45, 7) is 4.80. The van der Waals surface area contributed by atoms with E-state index in [-0.39, 0.29) is 17.1 Å². The van der Waals surface area contributed by atoms with Crippen LogP contribution in [0.2, 0.25) is 0 Å². The number of nitrogens with zero attached hydrogens (tertiary/aromatic N) is 3. The molecular formula is C16H16FN3O. The average Bonchev–Trinajstić information content (AvgIpc) is 2.72. The third-order valence-electron chi connectivity index (χ3n) is 3.58. The summed E-state index contributed by atoms with van der Waals surface area (Å²) in [6, 6.07) is 5.03. The molecule has 0 saturated carbocycles. The number of hydrogen-bond donors (Lipinski definition) is 0. The molecule has 4 nitrogen and oxygen atoms in total. The van der Waals surface area contributed by atoms with Gasteiger partial charge in [-0.1, -0.05) is 13.8 Å². The van der Waals surface area contributed by atoms with Crippen LogP contribution in [0.25, 0.3) is 11.1 Å². The Bertz CT molecular complexity index is 682. The van der Waals surface area contributed by atoms with Crippen molar-refractivity contribution in [1.82, 2.24) is 9.97 Å². The zero-order valence-corrected chi connectivity index (χ0v) is 12.0. The normalized spacial score (nSPS) is 17.3. The van der Waals surface area contributed by atoms with Crippen molar-refractivity contribution in [3.63, 3.8) is 0 Å². The zero-order chi connectivity index (χ0) is 15.0. The van der Waals surface area contributed by atoms with E-state index >= 15 is 0 Å². The van der Waals surface area contributed by atoms with Crippen LogP contribution in [0.1, 0.15) is 20.3 Å². The number of rotatable bonds is 2. The largest absolute Gasteiger partial charge is 0.296 e. The Labute approximate surface area is 122 Å². The lowest BCUT2D eigenvalue weighted by molar-refractivity contribution is -0.117. The van der Waals surface area contributed by atoms with E-state index in [0.29, 0.717) is 24.3 Å². The van der Waals surface area contributed by atoms with Gasteiger partial charge in [-0.25, -0.2) is 9.37 Å². The molecule has 0 radical (unpaired) electrons. The van der Waals surface area contributed by atoms with E-state index in [1.54, 1.807) is 23.4 Å². The van der Waals surface area contributed by atoms with Crippen LogP contribution in [0.5, 0.6) is 0 Å². The van der Waals surface area contributed by atoms with Crippen molar-refractivity contribution in [2.75, 3.05) is 11.4 Å². The maximum absolute atomic E-state index is 13.2. The van der Waals surface area contributed by atoms with E-state index < -0.39 is 0 Å². The fraction of sp³-hybridized carbons (Fsp3) is 0.312. The first-order valence-electron chi connectivity index (χ1n) is 6.82. The predicted molar refractivity (Wildman–Crippen MR) is 78.2 cm³/mol. The Kier molecular flexibility index (Phi) is 3.20. The van der Waals surface area contributed by atoms with Gasteiger partial charge in [0.25, 0.3) is 0 Å². The fourth-order valence-electron chi connectivity index (χ4n) is 2.57. The summed E-state index contributed by atoms with van der Waals surface area (Å²) in [5, 5.41) is 0. The van der Waals surface area contributed by atoms with E-state index in [4.69, 9.17) is 0 Å². The van der Waals surface area contributed by atoms with E-state index in [0.717, 1.165) is 11.8 Å². The smallest absolute Gasteiger partial charge is 0.228 e. The highest BCUT2D eigenvalue weighted by Crippen LogP contribution is 2.33. The van der Waals surface area contributed by atoms with Crippen molar-refractivity contribution in [2.24, 2.45) is 5.41 Å². The maximum Gasteiger partial charge on any atom is 0.228 e. The quantitative estimate of drug-likeness (QED) is 0.852. The van der Waals surface area contributed by atoms with Crippen molar-refractivity contribution < 1.29 is 9.18 Å². The van der Waals surface area contributed by atoms with Crippen LogP contribution >= 0.6 is 0 Å². The molecule has 0 spiro atoms. The lowest BCUT2D eigenvalue weighted by Gasteiger charge is -2.18. The molecule has 108 valence electrons. The van der Waals surface area contributed by atoms with Gasteiger partial charge < -0.3 is 0 Å². The van der Waals surface area contributed by atoms with Crippen LogP contribution < -0.4 is 4.90 Å². The first kappa shape index (κ1) is 13.7. The van der Waals surface area contributed by atoms with Crippen LogP contribution in [-0.4, -0.2) is 22.4 Å². The maximum atomic E-state index is 13.2. The summed E-state index contributed by atoms with van der Waals surface area (Å²) in [5.41, 5.74) is 1.42. The average molecular weight is 285 g/mol. The van der Waals surface area contributed by atoms with Crippen LogP contribution in [0.15, 0.2) is 36.8 Å². The molecule has 2 aromatic heterocycles. The number of pyridine rings is 2. The first-order valence-corrected chi connectivity index (χ1v) is 6.82. The number of amides is 1. The van der Waals surface area contributed by atoms with Gasteiger partial charge in [0.05, 0.1) is 6.20 Å². The van der Waals surface area contributed by atoms with Gasteiger partial charge in [-0.05, 0) is 23.6 Å². The summed E-state index contributed by atoms with van der Waals surface area (Å²) < 4.78 is 13.2. The fourth-order valence-corrected chi connectivity index (χ4v) is 2.57. The molecule has 0 aliphatic carbocycles. The lowest BCUT2D eigenvalue weighted by atomic mass is 9.93. The molecule has 1 aliphatic rings. The standard InChI is InChI=1S/C16H16FN3O/c1-16(2)6-15(21)20(10-16)14-4-3-11(8-19-14)12-5-13(17)9-18-7-12/h3-5,7-9H,6,10H2,1-2H3. The van der Waals surface area contributed by atoms with Crippen LogP contribution in [0, 0.1) is 11.2 Å². The van der Waals surface area contributed by atoms with E-state index in [1.165, 1.54) is 6.07 Å². The minimum absolute atomic E-state index is 0.0239. The van der Waals surface area contributed by atoms with Gasteiger partial charge in [-0.2, -0.15) is 0 Å². The van der Waals surface area contributed by atoms with Crippen molar-refractivity contribution in [1.29, 1.82) is 0 Å². The van der Waals surface area contributed by atoms with E-state index in [1.807, 2.05) is 6.07 Å². The van der Waals surface area contributed by atoms with Gasteiger partial charge in [-0.15, -0.1) is 0 Å². The van der Waals surface area contributed by atoms with Gasteiger partial charge in [0.2, 0.25) is 5.91 Å². The molecule has 0 N–H and O–H groups in total. The summed E-state index contributed by atoms with van der Waals surface area (Å²) >= 11 is 0. The highest BCUT2D eigenvalue weighted by molar-refractivity contribution is 5.95. The number of aromatic nitrogens is 2. The lowest BCUT2D eigenvalue weighted by Crippen LogP contribution is -2.26. The van der Waals surface area contributed by atoms with E-state index in [9.17, 15) is 9.18 Å². The highest BCUT2D eigenvalue weighted by Gasteiger charge is 2.36. The Balaban J connectivity index is 1.87. The van der Waals surface area contributed by atoms with Crippen LogP contribution in [0.4, 0.5) is 10.2 Å². The Morgan fingerprint density at radius 1 is 1.19 bits per heavy atom. The Morgan fingerprint density at radius 3 is 2.57 bits per heavy atom. The number of halogens is 1. The van der Waals surface area contributed by atoms with Crippen LogP contribution in [-0.2, 0) is 4.79 Å². The summed E-state index contributed by atoms with van der Waals surface area (Å²) in [7, 11) is 0. The second-order valence-electron chi connectivity index (χ2n) is 6.12. The molecule has 2 aromatic rings. The molecule has 1 fully saturated rings. The van der Waals surface area contributed by atoms with Crippen molar-refractivity contribution in [2.45, 2.75) is 20.3 Å². The molecule has 1 amide bonds. The molecule has 0 aromatic carbocycles. The molecular weight excluding hydrogens is 269 g/mol. The molecule has 0 atom stereocenters. The van der Waals surface area contributed by atoms with Gasteiger partial charge in [-0.3, -0.25) is 14.7 Å². The SMILES string of the molecule is CC1(C)CC(=O)N(c2ccc(-c3cncc(F)c3)cn2)C1. The monoisotopic (exact) mass is 285 g/mol. The highest BCUT2D eigenvalue weighted by atomic mass is 19.1.